The van der Waals surface area contributed by atoms with Crippen LogP contribution < -0.4 is 4.74 Å². The van der Waals surface area contributed by atoms with Crippen molar-refractivity contribution in [3.05, 3.63) is 29.3 Å². The van der Waals surface area contributed by atoms with Gasteiger partial charge in [-0.2, -0.15) is 0 Å². The Bertz CT molecular complexity index is 665. The maximum Gasteiger partial charge on any atom is 0.323 e. The second kappa shape index (κ2) is 10.2. The number of carbonyl (C=O) groups excluding carboxylic acids is 2. The summed E-state index contributed by atoms with van der Waals surface area (Å²) in [7, 11) is 0. The molecule has 0 spiro atoms. The minimum Gasteiger partial charge on any atom is -0.493 e. The normalized spacial score (nSPS) is 17.1. The van der Waals surface area contributed by atoms with Crippen LogP contribution in [0.2, 0.25) is 5.02 Å². The van der Waals surface area contributed by atoms with Crippen molar-refractivity contribution in [1.82, 2.24) is 9.80 Å². The van der Waals surface area contributed by atoms with Crippen LogP contribution in [0.15, 0.2) is 24.3 Å². The Labute approximate surface area is 163 Å². The number of benzene rings is 1. The monoisotopic (exact) mass is 396 g/mol. The average Bonchev–Trinajstić information content (AvgIpc) is 2.87. The molecule has 1 saturated heterocycles. The van der Waals surface area contributed by atoms with Crippen molar-refractivity contribution in [3.63, 3.8) is 0 Å². The molecule has 27 heavy (non-hydrogen) atoms. The molecule has 1 heterocycles. The van der Waals surface area contributed by atoms with Crippen molar-refractivity contribution >= 4 is 29.4 Å². The molecule has 0 radical (unpaired) electrons. The van der Waals surface area contributed by atoms with Crippen LogP contribution in [0.25, 0.3) is 0 Å². The fourth-order valence-electron chi connectivity index (χ4n) is 3.23. The molecule has 2 amide bonds. The van der Waals surface area contributed by atoms with Crippen molar-refractivity contribution in [2.45, 2.75) is 38.6 Å². The first-order valence-corrected chi connectivity index (χ1v) is 9.39. The lowest BCUT2D eigenvalue weighted by Gasteiger charge is -2.28. The second-order valence-electron chi connectivity index (χ2n) is 6.56. The van der Waals surface area contributed by atoms with Crippen LogP contribution in [-0.4, -0.2) is 65.0 Å². The molecular weight excluding hydrogens is 372 g/mol. The van der Waals surface area contributed by atoms with Crippen molar-refractivity contribution in [1.29, 1.82) is 0 Å². The number of carbonyl (C=O) groups is 3. The molecule has 8 heteroatoms. The lowest BCUT2D eigenvalue weighted by atomic mass is 10.1. The van der Waals surface area contributed by atoms with E-state index in [1.54, 1.807) is 29.2 Å². The summed E-state index contributed by atoms with van der Waals surface area (Å²) in [6.07, 6.45) is 2.27. The Hall–Kier alpha value is -2.28. The molecule has 1 aliphatic rings. The van der Waals surface area contributed by atoms with Gasteiger partial charge in [0.2, 0.25) is 11.8 Å². The largest absolute Gasteiger partial charge is 0.493 e. The third-order valence-electron chi connectivity index (χ3n) is 4.60. The molecular formula is C19H25ClN2O5. The fourth-order valence-corrected chi connectivity index (χ4v) is 3.35. The van der Waals surface area contributed by atoms with Gasteiger partial charge >= 0.3 is 5.97 Å². The highest BCUT2D eigenvalue weighted by atomic mass is 35.5. The highest BCUT2D eigenvalue weighted by molar-refractivity contribution is 6.30. The Morgan fingerprint density at radius 3 is 2.56 bits per heavy atom. The van der Waals surface area contributed by atoms with E-state index in [0.29, 0.717) is 36.7 Å². The van der Waals surface area contributed by atoms with Crippen LogP contribution in [0, 0.1) is 0 Å². The first-order chi connectivity index (χ1) is 12.9. The Balaban J connectivity index is 1.81. The fraction of sp³-hybridized carbons (Fsp3) is 0.526. The number of aliphatic carboxylic acids is 1. The molecule has 0 aliphatic carbocycles. The summed E-state index contributed by atoms with van der Waals surface area (Å²) >= 11 is 5.82. The molecule has 1 atom stereocenters. The third-order valence-corrected chi connectivity index (χ3v) is 4.85. The van der Waals surface area contributed by atoms with E-state index in [0.717, 1.165) is 6.42 Å². The van der Waals surface area contributed by atoms with Gasteiger partial charge in [-0.15, -0.1) is 0 Å². The Kier molecular flexibility index (Phi) is 7.91. The van der Waals surface area contributed by atoms with E-state index >= 15 is 0 Å². The summed E-state index contributed by atoms with van der Waals surface area (Å²) in [6.45, 7) is 2.47. The van der Waals surface area contributed by atoms with E-state index in [1.807, 2.05) is 0 Å². The van der Waals surface area contributed by atoms with Gasteiger partial charge in [0.1, 0.15) is 12.3 Å². The van der Waals surface area contributed by atoms with E-state index in [2.05, 4.69) is 0 Å². The summed E-state index contributed by atoms with van der Waals surface area (Å²) in [6, 6.07) is 6.81. The van der Waals surface area contributed by atoms with Crippen LogP contribution in [0.1, 0.15) is 32.6 Å². The van der Waals surface area contributed by atoms with Gasteiger partial charge in [0.05, 0.1) is 13.0 Å². The van der Waals surface area contributed by atoms with Crippen LogP contribution in [0.4, 0.5) is 0 Å². The summed E-state index contributed by atoms with van der Waals surface area (Å²) in [5.74, 6) is -0.619. The van der Waals surface area contributed by atoms with Gasteiger partial charge in [-0.3, -0.25) is 14.4 Å². The molecule has 1 fully saturated rings. The van der Waals surface area contributed by atoms with Crippen molar-refractivity contribution in [2.24, 2.45) is 0 Å². The van der Waals surface area contributed by atoms with Crippen molar-refractivity contribution in [2.75, 3.05) is 26.2 Å². The van der Waals surface area contributed by atoms with Crippen LogP contribution in [-0.2, 0) is 14.4 Å². The lowest BCUT2D eigenvalue weighted by Crippen LogP contribution is -2.43. The highest BCUT2D eigenvalue weighted by Crippen LogP contribution is 2.19. The predicted octanol–water partition coefficient (Wildman–Crippen LogP) is 2.42. The molecule has 0 aromatic heterocycles. The summed E-state index contributed by atoms with van der Waals surface area (Å²) in [5, 5.41) is 9.63. The number of rotatable bonds is 7. The van der Waals surface area contributed by atoms with Crippen molar-refractivity contribution in [3.8, 4) is 5.75 Å². The summed E-state index contributed by atoms with van der Waals surface area (Å²) < 4.78 is 5.56. The molecule has 1 N–H and O–H groups in total. The van der Waals surface area contributed by atoms with Crippen LogP contribution in [0.5, 0.6) is 5.75 Å². The second-order valence-corrected chi connectivity index (χ2v) is 6.99. The average molecular weight is 397 g/mol. The van der Waals surface area contributed by atoms with E-state index in [9.17, 15) is 14.4 Å². The maximum absolute atomic E-state index is 12.4. The molecule has 0 bridgehead atoms. The zero-order chi connectivity index (χ0) is 19.8. The molecule has 1 aromatic rings. The number of likely N-dealkylation sites (tertiary alicyclic amines) is 1. The van der Waals surface area contributed by atoms with Gasteiger partial charge in [-0.1, -0.05) is 11.6 Å². The molecule has 1 aliphatic heterocycles. The van der Waals surface area contributed by atoms with Gasteiger partial charge in [0.15, 0.2) is 0 Å². The van der Waals surface area contributed by atoms with E-state index in [-0.39, 0.29) is 37.4 Å². The topological polar surface area (TPSA) is 87.2 Å². The Morgan fingerprint density at radius 1 is 1.22 bits per heavy atom. The highest BCUT2D eigenvalue weighted by Gasteiger charge is 2.27. The molecule has 0 saturated carbocycles. The van der Waals surface area contributed by atoms with Crippen LogP contribution >= 0.6 is 11.6 Å². The zero-order valence-corrected chi connectivity index (χ0v) is 16.2. The van der Waals surface area contributed by atoms with Gasteiger partial charge in [-0.05, 0) is 43.5 Å². The van der Waals surface area contributed by atoms with E-state index < -0.39 is 5.97 Å². The van der Waals surface area contributed by atoms with Crippen molar-refractivity contribution < 1.29 is 24.2 Å². The number of ether oxygens (including phenoxy) is 1. The smallest absolute Gasteiger partial charge is 0.323 e. The number of carboxylic acids is 1. The van der Waals surface area contributed by atoms with Gasteiger partial charge in [0.25, 0.3) is 0 Å². The molecule has 1 unspecified atom stereocenters. The SMILES string of the molecule is CC(=O)N(CC(=O)O)C1CCCN(C(=O)CCOc2ccc(Cl)cc2)CC1. The number of hydrogen-bond donors (Lipinski definition) is 1. The number of halogens is 1. The number of hydrogen-bond acceptors (Lipinski definition) is 4. The number of amides is 2. The molecule has 148 valence electrons. The first kappa shape index (κ1) is 21.0. The van der Waals surface area contributed by atoms with Gasteiger partial charge < -0.3 is 19.6 Å². The predicted molar refractivity (Wildman–Crippen MR) is 101 cm³/mol. The Morgan fingerprint density at radius 2 is 1.93 bits per heavy atom. The summed E-state index contributed by atoms with van der Waals surface area (Å²) in [5.41, 5.74) is 0. The minimum atomic E-state index is -1.03. The molecule has 1 aromatic carbocycles. The summed E-state index contributed by atoms with van der Waals surface area (Å²) in [4.78, 5) is 38.3. The zero-order valence-electron chi connectivity index (χ0n) is 15.4. The van der Waals surface area contributed by atoms with E-state index in [1.165, 1.54) is 11.8 Å². The first-order valence-electron chi connectivity index (χ1n) is 9.02. The lowest BCUT2D eigenvalue weighted by molar-refractivity contribution is -0.145. The number of carboxylic acid groups (broad SMARTS) is 1. The van der Waals surface area contributed by atoms with Gasteiger partial charge in [0, 0.05) is 31.1 Å². The van der Waals surface area contributed by atoms with Crippen LogP contribution in [0.3, 0.4) is 0 Å². The van der Waals surface area contributed by atoms with Gasteiger partial charge in [-0.25, -0.2) is 0 Å². The van der Waals surface area contributed by atoms with E-state index in [4.69, 9.17) is 21.4 Å². The molecule has 7 nitrogen and oxygen atoms in total. The minimum absolute atomic E-state index is 0.00257. The quantitative estimate of drug-likeness (QED) is 0.764. The third kappa shape index (κ3) is 6.75. The maximum atomic E-state index is 12.4. The molecule has 2 rings (SSSR count). The standard InChI is InChI=1S/C19H25ClN2O5/c1-14(23)22(13-19(25)26)16-3-2-10-21(11-8-16)18(24)9-12-27-17-6-4-15(20)5-7-17/h4-7,16H,2-3,8-13H2,1H3,(H,25,26). The number of nitrogens with zero attached hydrogens (tertiary/aromatic N) is 2.